The summed E-state index contributed by atoms with van der Waals surface area (Å²) < 4.78 is 66.7. The predicted octanol–water partition coefficient (Wildman–Crippen LogP) is 7.29. The summed E-state index contributed by atoms with van der Waals surface area (Å²) in [5, 5.41) is 11.7. The first-order valence-electron chi connectivity index (χ1n) is 12.8. The van der Waals surface area contributed by atoms with Gasteiger partial charge in [-0.05, 0) is 49.8 Å². The van der Waals surface area contributed by atoms with E-state index in [0.29, 0.717) is 12.8 Å². The fourth-order valence-corrected chi connectivity index (χ4v) is 4.84. The summed E-state index contributed by atoms with van der Waals surface area (Å²) in [5.74, 6) is -1.02. The molecule has 0 amide bonds. The topological polar surface area (TPSA) is 98.0 Å². The Balaban J connectivity index is 1.74. The summed E-state index contributed by atoms with van der Waals surface area (Å²) in [5.41, 5.74) is 4.96. The summed E-state index contributed by atoms with van der Waals surface area (Å²) in [7, 11) is 0. The number of halogens is 4. The van der Waals surface area contributed by atoms with Crippen molar-refractivity contribution in [1.82, 2.24) is 10.1 Å². The molecular formula is C26H36F4N4O2. The van der Waals surface area contributed by atoms with Crippen LogP contribution in [0.5, 0.6) is 5.75 Å². The molecule has 1 heterocycles. The number of nitrogens with two attached hydrogens (primary N) is 1. The molecule has 10 heteroatoms. The Labute approximate surface area is 209 Å². The van der Waals surface area contributed by atoms with E-state index in [-0.39, 0.29) is 60.1 Å². The molecule has 36 heavy (non-hydrogen) atoms. The molecule has 0 bridgehead atoms. The van der Waals surface area contributed by atoms with Crippen molar-refractivity contribution >= 4 is 5.84 Å². The van der Waals surface area contributed by atoms with Crippen molar-refractivity contribution in [3.05, 3.63) is 29.7 Å². The van der Waals surface area contributed by atoms with Gasteiger partial charge in [0.15, 0.2) is 0 Å². The van der Waals surface area contributed by atoms with Gasteiger partial charge in [-0.1, -0.05) is 51.1 Å². The van der Waals surface area contributed by atoms with Crippen molar-refractivity contribution in [3.8, 4) is 17.1 Å². The number of alkyl halides is 4. The molecule has 0 radical (unpaired) electrons. The van der Waals surface area contributed by atoms with Crippen LogP contribution < -0.4 is 10.5 Å². The molecule has 1 aromatic heterocycles. The van der Waals surface area contributed by atoms with Crippen LogP contribution in [0.25, 0.3) is 11.4 Å². The van der Waals surface area contributed by atoms with E-state index in [2.05, 4.69) is 17.1 Å². The van der Waals surface area contributed by atoms with Gasteiger partial charge in [0.05, 0.1) is 18.0 Å². The molecule has 2 unspecified atom stereocenters. The van der Waals surface area contributed by atoms with E-state index < -0.39 is 23.8 Å². The van der Waals surface area contributed by atoms with Crippen molar-refractivity contribution < 1.29 is 26.8 Å². The van der Waals surface area contributed by atoms with E-state index in [9.17, 15) is 17.6 Å². The van der Waals surface area contributed by atoms with Crippen molar-refractivity contribution in [2.24, 2.45) is 17.6 Å². The molecule has 3 rings (SSSR count). The van der Waals surface area contributed by atoms with Crippen LogP contribution in [0.4, 0.5) is 17.6 Å². The van der Waals surface area contributed by atoms with Gasteiger partial charge in [-0.2, -0.15) is 18.2 Å². The van der Waals surface area contributed by atoms with E-state index >= 15 is 0 Å². The van der Waals surface area contributed by atoms with E-state index in [1.807, 2.05) is 6.92 Å². The molecular weight excluding hydrogens is 476 g/mol. The van der Waals surface area contributed by atoms with Crippen LogP contribution in [0.15, 0.2) is 22.7 Å². The van der Waals surface area contributed by atoms with Crippen LogP contribution in [0.2, 0.25) is 0 Å². The number of benzene rings is 1. The second-order valence-corrected chi connectivity index (χ2v) is 9.82. The summed E-state index contributed by atoms with van der Waals surface area (Å²) in [6, 6.07) is 3.70. The smallest absolute Gasteiger partial charge is 0.419 e. The zero-order valence-electron chi connectivity index (χ0n) is 20.9. The molecule has 0 spiro atoms. The Kier molecular flexibility index (Phi) is 9.73. The normalized spacial score (nSPS) is 22.8. The van der Waals surface area contributed by atoms with Crippen LogP contribution in [0.1, 0.15) is 89.0 Å². The van der Waals surface area contributed by atoms with Crippen LogP contribution in [0.3, 0.4) is 0 Å². The van der Waals surface area contributed by atoms with Gasteiger partial charge in [-0.25, -0.2) is 4.39 Å². The third-order valence-electron chi connectivity index (χ3n) is 6.88. The second-order valence-electron chi connectivity index (χ2n) is 9.82. The highest BCUT2D eigenvalue weighted by Crippen LogP contribution is 2.41. The van der Waals surface area contributed by atoms with Crippen molar-refractivity contribution in [2.75, 3.05) is 6.61 Å². The molecule has 1 aliphatic rings. The van der Waals surface area contributed by atoms with Crippen molar-refractivity contribution in [2.45, 2.75) is 89.9 Å². The SMILES string of the molecule is CCCCCCCCOc1ccc(-c2noc([C@H]3CC(C(=N)N)C(C)C[C@@H](F)C3)n2)cc1C(F)(F)F. The molecule has 200 valence electrons. The number of ether oxygens (including phenoxy) is 1. The third-order valence-corrected chi connectivity index (χ3v) is 6.88. The fourth-order valence-electron chi connectivity index (χ4n) is 4.84. The van der Waals surface area contributed by atoms with Gasteiger partial charge in [0.1, 0.15) is 11.9 Å². The fraction of sp³-hybridized carbons (Fsp3) is 0.654. The van der Waals surface area contributed by atoms with E-state index in [4.69, 9.17) is 20.4 Å². The minimum Gasteiger partial charge on any atom is -0.493 e. The average molecular weight is 513 g/mol. The monoisotopic (exact) mass is 512 g/mol. The molecule has 1 saturated carbocycles. The molecule has 1 aliphatic carbocycles. The standard InChI is InChI=1S/C26H36F4N4O2/c1-3-4-5-6-7-8-11-35-22-10-9-17(15-21(22)26(28,29)30)24-33-25(36-34-24)18-13-19(27)12-16(2)20(14-18)23(31)32/h9-10,15-16,18-20H,3-8,11-14H2,1-2H3,(H3,31,32)/t16?,18-,19-,20?/m1/s1. The van der Waals surface area contributed by atoms with Gasteiger partial charge in [0.2, 0.25) is 11.7 Å². The molecule has 0 aliphatic heterocycles. The highest BCUT2D eigenvalue weighted by Gasteiger charge is 2.37. The molecule has 3 N–H and O–H groups in total. The zero-order chi connectivity index (χ0) is 26.3. The van der Waals surface area contributed by atoms with Gasteiger partial charge in [-0.3, -0.25) is 5.41 Å². The molecule has 4 atom stereocenters. The highest BCUT2D eigenvalue weighted by molar-refractivity contribution is 5.80. The number of nitrogens with zero attached hydrogens (tertiary/aromatic N) is 2. The lowest BCUT2D eigenvalue weighted by molar-refractivity contribution is -0.138. The maximum atomic E-state index is 14.5. The minimum atomic E-state index is -4.62. The van der Waals surface area contributed by atoms with Gasteiger partial charge in [-0.15, -0.1) is 0 Å². The summed E-state index contributed by atoms with van der Waals surface area (Å²) in [4.78, 5) is 4.30. The quantitative estimate of drug-likeness (QED) is 0.108. The molecule has 0 saturated heterocycles. The first kappa shape index (κ1) is 27.9. The van der Waals surface area contributed by atoms with E-state index in [0.717, 1.165) is 38.2 Å². The minimum absolute atomic E-state index is 0.00921. The summed E-state index contributed by atoms with van der Waals surface area (Å²) in [6.07, 6.45) is 1.09. The zero-order valence-corrected chi connectivity index (χ0v) is 20.9. The van der Waals surface area contributed by atoms with Gasteiger partial charge < -0.3 is 15.0 Å². The highest BCUT2D eigenvalue weighted by atomic mass is 19.4. The number of hydrogen-bond acceptors (Lipinski definition) is 5. The van der Waals surface area contributed by atoms with Gasteiger partial charge in [0, 0.05) is 17.4 Å². The Morgan fingerprint density at radius 2 is 1.86 bits per heavy atom. The number of rotatable bonds is 11. The lowest BCUT2D eigenvalue weighted by Gasteiger charge is -2.21. The number of amidine groups is 1. The molecule has 2 aromatic rings. The second kappa shape index (κ2) is 12.5. The molecule has 6 nitrogen and oxygen atoms in total. The first-order chi connectivity index (χ1) is 17.1. The van der Waals surface area contributed by atoms with Crippen LogP contribution in [-0.4, -0.2) is 28.8 Å². The largest absolute Gasteiger partial charge is 0.493 e. The van der Waals surface area contributed by atoms with Gasteiger partial charge in [0.25, 0.3) is 0 Å². The summed E-state index contributed by atoms with van der Waals surface area (Å²) >= 11 is 0. The van der Waals surface area contributed by atoms with Crippen molar-refractivity contribution in [3.63, 3.8) is 0 Å². The number of aromatic nitrogens is 2. The van der Waals surface area contributed by atoms with Crippen LogP contribution >= 0.6 is 0 Å². The Bertz CT molecular complexity index is 995. The lowest BCUT2D eigenvalue weighted by atomic mass is 9.86. The van der Waals surface area contributed by atoms with Crippen LogP contribution in [0, 0.1) is 17.2 Å². The van der Waals surface area contributed by atoms with Crippen LogP contribution in [-0.2, 0) is 6.18 Å². The average Bonchev–Trinajstić information content (AvgIpc) is 3.24. The van der Waals surface area contributed by atoms with Crippen molar-refractivity contribution in [1.29, 1.82) is 5.41 Å². The Morgan fingerprint density at radius 3 is 2.56 bits per heavy atom. The Hall–Kier alpha value is -2.65. The number of unbranched alkanes of at least 4 members (excludes halogenated alkanes) is 5. The predicted molar refractivity (Wildman–Crippen MR) is 130 cm³/mol. The van der Waals surface area contributed by atoms with Gasteiger partial charge >= 0.3 is 6.18 Å². The number of nitrogens with one attached hydrogen (secondary N) is 1. The van der Waals surface area contributed by atoms with E-state index in [1.54, 1.807) is 0 Å². The third kappa shape index (κ3) is 7.43. The Morgan fingerprint density at radius 1 is 1.14 bits per heavy atom. The molecule has 1 aromatic carbocycles. The molecule has 1 fully saturated rings. The maximum absolute atomic E-state index is 14.5. The maximum Gasteiger partial charge on any atom is 0.419 e. The lowest BCUT2D eigenvalue weighted by Crippen LogP contribution is -2.28. The first-order valence-corrected chi connectivity index (χ1v) is 12.8. The number of hydrogen-bond donors (Lipinski definition) is 2. The van der Waals surface area contributed by atoms with E-state index in [1.165, 1.54) is 12.1 Å². The summed E-state index contributed by atoms with van der Waals surface area (Å²) in [6.45, 7) is 4.19.